The number of hydrogen-bond acceptors (Lipinski definition) is 5. The first-order valence-corrected chi connectivity index (χ1v) is 7.09. The molecule has 0 unspecified atom stereocenters. The van der Waals surface area contributed by atoms with Crippen LogP contribution in [0.2, 0.25) is 0 Å². The summed E-state index contributed by atoms with van der Waals surface area (Å²) in [7, 11) is 0. The van der Waals surface area contributed by atoms with Gasteiger partial charge in [-0.2, -0.15) is 0 Å². The Morgan fingerprint density at radius 2 is 1.90 bits per heavy atom. The van der Waals surface area contributed by atoms with E-state index < -0.39 is 17.2 Å². The third-order valence-electron chi connectivity index (χ3n) is 3.72. The number of amides is 1. The number of carbonyl (C=O) groups is 2. The number of rotatable bonds is 3. The van der Waals surface area contributed by atoms with E-state index in [2.05, 4.69) is 0 Å². The fourth-order valence-electron chi connectivity index (χ4n) is 2.50. The van der Waals surface area contributed by atoms with Crippen molar-refractivity contribution < 1.29 is 53.7 Å². The van der Waals surface area contributed by atoms with E-state index in [1.165, 1.54) is 0 Å². The molecule has 114 valence electrons. The molecule has 2 rings (SSSR count). The molecule has 1 heterocycles. The van der Waals surface area contributed by atoms with Gasteiger partial charge in [-0.05, 0) is 46.5 Å². The number of carboxylic acid groups (broad SMARTS) is 1. The molecule has 1 aliphatic carbocycles. The summed E-state index contributed by atoms with van der Waals surface area (Å²) in [4.78, 5) is 24.6. The quantitative estimate of drug-likeness (QED) is 0.547. The summed E-state index contributed by atoms with van der Waals surface area (Å²) < 4.78 is 11.0. The Bertz CT molecular complexity index is 403. The normalized spacial score (nSPS) is 24.0. The van der Waals surface area contributed by atoms with E-state index in [0.717, 1.165) is 6.42 Å². The van der Waals surface area contributed by atoms with Crippen LogP contribution in [0.1, 0.15) is 46.5 Å². The van der Waals surface area contributed by atoms with Crippen LogP contribution >= 0.6 is 0 Å². The zero-order valence-electron chi connectivity index (χ0n) is 13.3. The molecule has 1 saturated heterocycles. The first kappa shape index (κ1) is 18.7. The Hall–Kier alpha value is -0.300. The number of carboxylic acids is 1. The van der Waals surface area contributed by atoms with E-state index in [9.17, 15) is 14.7 Å². The van der Waals surface area contributed by atoms with Crippen LogP contribution in [0, 0.1) is 0 Å². The molecule has 21 heavy (non-hydrogen) atoms. The first-order chi connectivity index (χ1) is 9.22. The van der Waals surface area contributed by atoms with Crippen molar-refractivity contribution in [2.45, 2.75) is 63.8 Å². The molecular weight excluding hydrogens is 285 g/mol. The minimum atomic E-state index is -1.14. The van der Waals surface area contributed by atoms with Gasteiger partial charge < -0.3 is 24.3 Å². The Morgan fingerprint density at radius 3 is 2.33 bits per heavy atom. The van der Waals surface area contributed by atoms with Crippen LogP contribution in [0.25, 0.3) is 0 Å². The van der Waals surface area contributed by atoms with Gasteiger partial charge in [0.25, 0.3) is 0 Å². The average Bonchev–Trinajstić information content (AvgIpc) is 2.68. The molecule has 2 fully saturated rings. The number of likely N-dealkylation sites (tertiary alicyclic amines) is 1. The van der Waals surface area contributed by atoms with Crippen molar-refractivity contribution in [3.63, 3.8) is 0 Å². The minimum absolute atomic E-state index is 0. The molecule has 0 aromatic heterocycles. The molecule has 0 bridgehead atoms. The summed E-state index contributed by atoms with van der Waals surface area (Å²) >= 11 is 0. The number of carbonyl (C=O) groups excluding carboxylic acids is 2. The zero-order valence-corrected chi connectivity index (χ0v) is 15.3. The van der Waals surface area contributed by atoms with Crippen molar-refractivity contribution in [2.75, 3.05) is 13.1 Å². The molecule has 0 N–H and O–H groups in total. The molecule has 0 radical (unpaired) electrons. The topological polar surface area (TPSA) is 78.9 Å². The monoisotopic (exact) mass is 307 g/mol. The van der Waals surface area contributed by atoms with Crippen LogP contribution in [-0.2, 0) is 14.3 Å². The molecule has 1 aliphatic heterocycles. The van der Waals surface area contributed by atoms with Crippen molar-refractivity contribution in [1.29, 1.82) is 0 Å². The van der Waals surface area contributed by atoms with Gasteiger partial charge in [-0.15, -0.1) is 0 Å². The van der Waals surface area contributed by atoms with E-state index in [1.54, 1.807) is 4.90 Å². The van der Waals surface area contributed by atoms with Crippen LogP contribution in [0.15, 0.2) is 0 Å². The molecule has 6 nitrogen and oxygen atoms in total. The summed E-state index contributed by atoms with van der Waals surface area (Å²) in [5, 5.41) is 11.2. The fourth-order valence-corrected chi connectivity index (χ4v) is 2.50. The predicted octanol–water partition coefficient (Wildman–Crippen LogP) is -2.31. The molecule has 0 aromatic carbocycles. The van der Waals surface area contributed by atoms with Crippen LogP contribution in [0.3, 0.4) is 0 Å². The third-order valence-corrected chi connectivity index (χ3v) is 3.72. The van der Waals surface area contributed by atoms with E-state index in [4.69, 9.17) is 9.47 Å². The molecule has 1 saturated carbocycles. The Balaban J connectivity index is 0.00000220. The van der Waals surface area contributed by atoms with E-state index in [1.807, 2.05) is 20.8 Å². The van der Waals surface area contributed by atoms with Gasteiger partial charge in [0, 0.05) is 6.54 Å². The second-order valence-corrected chi connectivity index (χ2v) is 6.59. The fraction of sp³-hybridized carbons (Fsp3) is 0.857. The number of nitrogens with zero attached hydrogens (tertiary/aromatic N) is 1. The molecular formula is C14H22NNaO5. The Labute approximate surface area is 147 Å². The Morgan fingerprint density at radius 1 is 1.29 bits per heavy atom. The first-order valence-electron chi connectivity index (χ1n) is 7.09. The van der Waals surface area contributed by atoms with Gasteiger partial charge in [-0.1, -0.05) is 0 Å². The van der Waals surface area contributed by atoms with Crippen molar-refractivity contribution in [3.8, 4) is 0 Å². The Kier molecular flexibility index (Phi) is 6.12. The molecule has 2 aliphatic rings. The van der Waals surface area contributed by atoms with Crippen molar-refractivity contribution in [2.24, 2.45) is 0 Å². The summed E-state index contributed by atoms with van der Waals surface area (Å²) in [5.74, 6) is -1.14. The van der Waals surface area contributed by atoms with Gasteiger partial charge in [-0.25, -0.2) is 4.79 Å². The van der Waals surface area contributed by atoms with Crippen molar-refractivity contribution >= 4 is 12.1 Å². The van der Waals surface area contributed by atoms with Gasteiger partial charge in [0.1, 0.15) is 11.2 Å². The molecule has 7 heteroatoms. The summed E-state index contributed by atoms with van der Waals surface area (Å²) in [6.07, 6.45) is 1.85. The van der Waals surface area contributed by atoms with E-state index >= 15 is 0 Å². The summed E-state index contributed by atoms with van der Waals surface area (Å²) in [6.45, 7) is 6.35. The second-order valence-electron chi connectivity index (χ2n) is 6.59. The van der Waals surface area contributed by atoms with Crippen molar-refractivity contribution in [1.82, 2.24) is 4.90 Å². The minimum Gasteiger partial charge on any atom is -0.547 e. The van der Waals surface area contributed by atoms with Gasteiger partial charge >= 0.3 is 35.7 Å². The SMILES string of the molecule is CC(C)(C)OC(=O)N1CC[C@H](OC2(C(=O)[O-])CCC2)C1.[Na+]. The largest absolute Gasteiger partial charge is 1.00 e. The molecule has 0 spiro atoms. The van der Waals surface area contributed by atoms with Crippen LogP contribution < -0.4 is 34.7 Å². The number of ether oxygens (including phenoxy) is 2. The van der Waals surface area contributed by atoms with Gasteiger partial charge in [0.2, 0.25) is 0 Å². The standard InChI is InChI=1S/C14H23NO5.Na/c1-13(2,3)20-12(18)15-8-5-10(9-15)19-14(11(16)17)6-4-7-14;/h10H,4-9H2,1-3H3,(H,16,17);/q;+1/p-1/t10-;/m0./s1. The predicted molar refractivity (Wildman–Crippen MR) is 68.9 cm³/mol. The van der Waals surface area contributed by atoms with Crippen LogP contribution in [-0.4, -0.2) is 47.4 Å². The van der Waals surface area contributed by atoms with Crippen LogP contribution in [0.5, 0.6) is 0 Å². The average molecular weight is 307 g/mol. The number of aliphatic carboxylic acids is 1. The van der Waals surface area contributed by atoms with E-state index in [0.29, 0.717) is 32.4 Å². The maximum Gasteiger partial charge on any atom is 1.00 e. The van der Waals surface area contributed by atoms with Crippen molar-refractivity contribution in [3.05, 3.63) is 0 Å². The summed E-state index contributed by atoms with van der Waals surface area (Å²) in [6, 6.07) is 0. The maximum absolute atomic E-state index is 11.9. The molecule has 0 aromatic rings. The second kappa shape index (κ2) is 6.86. The smallest absolute Gasteiger partial charge is 0.547 e. The number of hydrogen-bond donors (Lipinski definition) is 0. The van der Waals surface area contributed by atoms with Gasteiger partial charge in [-0.3, -0.25) is 0 Å². The zero-order chi connectivity index (χ0) is 15.0. The van der Waals surface area contributed by atoms with E-state index in [-0.39, 0.29) is 41.8 Å². The molecule has 1 amide bonds. The van der Waals surface area contributed by atoms with Crippen LogP contribution in [0.4, 0.5) is 4.79 Å². The molecule has 1 atom stereocenters. The third kappa shape index (κ3) is 4.58. The summed E-state index contributed by atoms with van der Waals surface area (Å²) in [5.41, 5.74) is -1.66. The van der Waals surface area contributed by atoms with Gasteiger partial charge in [0.05, 0.1) is 18.6 Å². The van der Waals surface area contributed by atoms with Gasteiger partial charge in [0.15, 0.2) is 0 Å². The maximum atomic E-state index is 11.9.